The quantitative estimate of drug-likeness (QED) is 0.232. The first-order valence-corrected chi connectivity index (χ1v) is 14.0. The Morgan fingerprint density at radius 2 is 1.75 bits per heavy atom. The van der Waals surface area contributed by atoms with Gasteiger partial charge in [-0.1, -0.05) is 26.8 Å². The van der Waals surface area contributed by atoms with Gasteiger partial charge in [0.1, 0.15) is 17.3 Å². The van der Waals surface area contributed by atoms with E-state index in [0.29, 0.717) is 34.4 Å². The van der Waals surface area contributed by atoms with Crippen molar-refractivity contribution in [2.24, 2.45) is 0 Å². The molecule has 2 aromatic heterocycles. The van der Waals surface area contributed by atoms with Crippen LogP contribution in [0.15, 0.2) is 84.0 Å². The minimum Gasteiger partial charge on any atom is -0.456 e. The predicted molar refractivity (Wildman–Crippen MR) is 153 cm³/mol. The molecule has 0 unspecified atom stereocenters. The number of hydrogen-bond acceptors (Lipinski definition) is 7. The third kappa shape index (κ3) is 7.44. The molecule has 0 aliphatic rings. The number of methoxy groups -OCH3 is 1. The van der Waals surface area contributed by atoms with Gasteiger partial charge < -0.3 is 14.8 Å². The normalized spacial score (nSPS) is 11.7. The number of nitrogens with zero attached hydrogens (tertiary/aromatic N) is 3. The van der Waals surface area contributed by atoms with Crippen molar-refractivity contribution < 1.29 is 22.7 Å². The van der Waals surface area contributed by atoms with E-state index in [4.69, 9.17) is 9.47 Å². The molecule has 40 heavy (non-hydrogen) atoms. The van der Waals surface area contributed by atoms with E-state index in [1.807, 2.05) is 20.8 Å². The summed E-state index contributed by atoms with van der Waals surface area (Å²) in [6.45, 7) is 6.39. The lowest BCUT2D eigenvalue weighted by Crippen LogP contribution is -2.27. The van der Waals surface area contributed by atoms with Crippen molar-refractivity contribution >= 4 is 27.6 Å². The van der Waals surface area contributed by atoms with Gasteiger partial charge in [-0.2, -0.15) is 5.10 Å². The highest BCUT2D eigenvalue weighted by Crippen LogP contribution is 2.28. The second-order valence-electron chi connectivity index (χ2n) is 9.86. The Labute approximate surface area is 233 Å². The molecule has 12 heteroatoms. The highest BCUT2D eigenvalue weighted by Gasteiger charge is 2.23. The first kappa shape index (κ1) is 28.7. The number of carbonyl (C=O) groups is 1. The summed E-state index contributed by atoms with van der Waals surface area (Å²) in [5, 5.41) is 10.3. The fourth-order valence-corrected chi connectivity index (χ4v) is 4.66. The SMILES string of the molecule is COCCNS(=O)(=O)c1cccc(-n2nc(C(C)(C)C)cc2NC(=O)Nc2ccc(Oc3cccnc3)cc2)c1. The van der Waals surface area contributed by atoms with Crippen LogP contribution in [0.2, 0.25) is 0 Å². The van der Waals surface area contributed by atoms with E-state index < -0.39 is 16.1 Å². The lowest BCUT2D eigenvalue weighted by atomic mass is 9.92. The van der Waals surface area contributed by atoms with E-state index in [-0.39, 0.29) is 23.5 Å². The minimum atomic E-state index is -3.77. The summed E-state index contributed by atoms with van der Waals surface area (Å²) in [7, 11) is -2.27. The van der Waals surface area contributed by atoms with Crippen LogP contribution in [0.4, 0.5) is 16.3 Å². The summed E-state index contributed by atoms with van der Waals surface area (Å²) in [5.74, 6) is 1.57. The Kier molecular flexibility index (Phi) is 8.83. The molecule has 3 N–H and O–H groups in total. The van der Waals surface area contributed by atoms with E-state index in [2.05, 4.69) is 25.4 Å². The predicted octanol–water partition coefficient (Wildman–Crippen LogP) is 4.93. The van der Waals surface area contributed by atoms with Gasteiger partial charge in [-0.3, -0.25) is 10.3 Å². The van der Waals surface area contributed by atoms with Gasteiger partial charge in [0.05, 0.1) is 29.1 Å². The van der Waals surface area contributed by atoms with E-state index in [9.17, 15) is 13.2 Å². The standard InChI is InChI=1S/C28H32N6O5S/c1-28(2,3)25-18-26(34(33-25)21-7-5-9-24(17-21)40(36,37)30-15-16-38-4)32-27(35)31-20-10-12-22(13-11-20)39-23-8-6-14-29-19-23/h5-14,17-19,30H,15-16H2,1-4H3,(H2,31,32,35). The highest BCUT2D eigenvalue weighted by atomic mass is 32.2. The molecule has 0 aliphatic carbocycles. The number of urea groups is 1. The molecule has 2 heterocycles. The van der Waals surface area contributed by atoms with Crippen molar-refractivity contribution in [3.8, 4) is 17.2 Å². The van der Waals surface area contributed by atoms with Gasteiger partial charge in [-0.05, 0) is 54.6 Å². The zero-order valence-corrected chi connectivity index (χ0v) is 23.5. The van der Waals surface area contributed by atoms with Crippen LogP contribution in [0.25, 0.3) is 5.69 Å². The number of pyridine rings is 1. The molecule has 210 valence electrons. The van der Waals surface area contributed by atoms with Gasteiger partial charge in [0.25, 0.3) is 0 Å². The molecule has 4 rings (SSSR count). The molecule has 0 spiro atoms. The van der Waals surface area contributed by atoms with Crippen molar-refractivity contribution in [1.29, 1.82) is 0 Å². The van der Waals surface area contributed by atoms with E-state index in [1.165, 1.54) is 23.9 Å². The Bertz CT molecular complexity index is 1550. The first-order valence-electron chi connectivity index (χ1n) is 12.5. The molecule has 11 nitrogen and oxygen atoms in total. The molecule has 0 radical (unpaired) electrons. The topological polar surface area (TPSA) is 136 Å². The number of anilines is 2. The number of nitrogens with one attached hydrogen (secondary N) is 3. The average molecular weight is 565 g/mol. The maximum Gasteiger partial charge on any atom is 0.324 e. The van der Waals surface area contributed by atoms with Gasteiger partial charge in [-0.25, -0.2) is 22.6 Å². The van der Waals surface area contributed by atoms with E-state index >= 15 is 0 Å². The molecule has 2 amide bonds. The maximum absolute atomic E-state index is 13.0. The zero-order valence-electron chi connectivity index (χ0n) is 22.7. The Morgan fingerprint density at radius 3 is 2.42 bits per heavy atom. The van der Waals surface area contributed by atoms with E-state index in [1.54, 1.807) is 67.0 Å². The Hall–Kier alpha value is -4.26. The van der Waals surface area contributed by atoms with Crippen molar-refractivity contribution in [3.05, 3.63) is 84.8 Å². The number of rotatable bonds is 10. The summed E-state index contributed by atoms with van der Waals surface area (Å²) in [4.78, 5) is 17.0. The fourth-order valence-electron chi connectivity index (χ4n) is 3.61. The Morgan fingerprint density at radius 1 is 0.975 bits per heavy atom. The molecular formula is C28H32N6O5S. The molecule has 0 saturated heterocycles. The van der Waals surface area contributed by atoms with Crippen molar-refractivity contribution in [1.82, 2.24) is 19.5 Å². The summed E-state index contributed by atoms with van der Waals surface area (Å²) in [6, 6.07) is 18.1. The molecule has 4 aromatic rings. The lowest BCUT2D eigenvalue weighted by Gasteiger charge is -2.14. The average Bonchev–Trinajstić information content (AvgIpc) is 3.35. The van der Waals surface area contributed by atoms with Crippen molar-refractivity contribution in [3.63, 3.8) is 0 Å². The molecule has 0 fully saturated rings. The number of amides is 2. The molecular weight excluding hydrogens is 532 g/mol. The minimum absolute atomic E-state index is 0.0675. The third-order valence-corrected chi connectivity index (χ3v) is 7.13. The van der Waals surface area contributed by atoms with Crippen molar-refractivity contribution in [2.45, 2.75) is 31.1 Å². The molecule has 0 atom stereocenters. The monoisotopic (exact) mass is 564 g/mol. The molecule has 0 aliphatic heterocycles. The second-order valence-corrected chi connectivity index (χ2v) is 11.6. The molecule has 2 aromatic carbocycles. The summed E-state index contributed by atoms with van der Waals surface area (Å²) in [6.07, 6.45) is 3.27. The summed E-state index contributed by atoms with van der Waals surface area (Å²) < 4.78 is 40.2. The largest absolute Gasteiger partial charge is 0.456 e. The third-order valence-electron chi connectivity index (χ3n) is 5.67. The fraction of sp³-hybridized carbons (Fsp3) is 0.250. The number of aromatic nitrogens is 3. The number of sulfonamides is 1. The van der Waals surface area contributed by atoms with Crippen LogP contribution in [0.1, 0.15) is 26.5 Å². The number of hydrogen-bond donors (Lipinski definition) is 3. The van der Waals surface area contributed by atoms with Crippen LogP contribution in [0.5, 0.6) is 11.5 Å². The van der Waals surface area contributed by atoms with Crippen LogP contribution in [0, 0.1) is 0 Å². The Balaban J connectivity index is 1.53. The van der Waals surface area contributed by atoms with Gasteiger partial charge >= 0.3 is 6.03 Å². The smallest absolute Gasteiger partial charge is 0.324 e. The number of benzene rings is 2. The van der Waals surface area contributed by atoms with Crippen LogP contribution < -0.4 is 20.1 Å². The number of carbonyl (C=O) groups excluding carboxylic acids is 1. The van der Waals surface area contributed by atoms with Crippen LogP contribution in [-0.2, 0) is 20.2 Å². The molecule has 0 saturated carbocycles. The molecule has 0 bridgehead atoms. The van der Waals surface area contributed by atoms with Gasteiger partial charge in [0, 0.05) is 37.0 Å². The summed E-state index contributed by atoms with van der Waals surface area (Å²) in [5.41, 5.74) is 1.41. The van der Waals surface area contributed by atoms with Crippen LogP contribution in [-0.4, -0.2) is 49.5 Å². The zero-order chi connectivity index (χ0) is 28.8. The second kappa shape index (κ2) is 12.3. The van der Waals surface area contributed by atoms with Crippen LogP contribution in [0.3, 0.4) is 0 Å². The lowest BCUT2D eigenvalue weighted by molar-refractivity contribution is 0.204. The van der Waals surface area contributed by atoms with Crippen LogP contribution >= 0.6 is 0 Å². The van der Waals surface area contributed by atoms with E-state index in [0.717, 1.165) is 0 Å². The highest BCUT2D eigenvalue weighted by molar-refractivity contribution is 7.89. The van der Waals surface area contributed by atoms with Gasteiger partial charge in [0.2, 0.25) is 10.0 Å². The van der Waals surface area contributed by atoms with Crippen molar-refractivity contribution in [2.75, 3.05) is 30.9 Å². The van der Waals surface area contributed by atoms with Gasteiger partial charge in [0.15, 0.2) is 0 Å². The first-order chi connectivity index (χ1) is 19.0. The van der Waals surface area contributed by atoms with Gasteiger partial charge in [-0.15, -0.1) is 0 Å². The maximum atomic E-state index is 13.0. The number of ether oxygens (including phenoxy) is 2. The summed E-state index contributed by atoms with van der Waals surface area (Å²) >= 11 is 0.